The molecule has 3 fully saturated rings. The van der Waals surface area contributed by atoms with E-state index in [4.69, 9.17) is 4.74 Å². The van der Waals surface area contributed by atoms with Gasteiger partial charge in [0.2, 0.25) is 11.9 Å². The van der Waals surface area contributed by atoms with Crippen molar-refractivity contribution in [1.29, 1.82) is 0 Å². The minimum absolute atomic E-state index is 0.144. The molecule has 1 N–H and O–H groups in total. The van der Waals surface area contributed by atoms with Crippen LogP contribution in [0.3, 0.4) is 0 Å². The van der Waals surface area contributed by atoms with Gasteiger partial charge < -0.3 is 14.5 Å². The van der Waals surface area contributed by atoms with E-state index >= 15 is 0 Å². The molecule has 4 rings (SSSR count). The molecule has 0 aromatic carbocycles. The van der Waals surface area contributed by atoms with Gasteiger partial charge in [-0.1, -0.05) is 0 Å². The van der Waals surface area contributed by atoms with E-state index in [0.29, 0.717) is 57.6 Å². The quantitative estimate of drug-likeness (QED) is 0.491. The van der Waals surface area contributed by atoms with Crippen molar-refractivity contribution in [2.45, 2.75) is 0 Å². The summed E-state index contributed by atoms with van der Waals surface area (Å²) in [5, 5.41) is 2.24. The Hall–Kier alpha value is -3.05. The summed E-state index contributed by atoms with van der Waals surface area (Å²) in [5.74, 6) is 0.266. The maximum Gasteiger partial charge on any atom is 0.328 e. The Balaban J connectivity index is 1.35. The van der Waals surface area contributed by atoms with E-state index in [2.05, 4.69) is 25.1 Å². The number of morpholine rings is 1. The molecule has 3 saturated heterocycles. The number of aromatic nitrogens is 2. The van der Waals surface area contributed by atoms with Gasteiger partial charge in [0.25, 0.3) is 5.91 Å². The van der Waals surface area contributed by atoms with Crippen molar-refractivity contribution < 1.29 is 19.1 Å². The van der Waals surface area contributed by atoms with Gasteiger partial charge in [0.05, 0.1) is 25.5 Å². The van der Waals surface area contributed by atoms with Crippen molar-refractivity contribution in [2.24, 2.45) is 0 Å². The standard InChI is InChI=1S/C19H25N7O4/c1-23-15(17(28)22-19(23)29)12-14-2-3-20-18(21-14)26-6-4-24(5-7-26)13-16(27)25-8-10-30-11-9-25/h2-3,12H,4-11,13H2,1H3,(H,22,28,29)/b15-12+. The molecule has 0 unspecified atom stereocenters. The number of hydrogen-bond acceptors (Lipinski definition) is 8. The lowest BCUT2D eigenvalue weighted by molar-refractivity contribution is -0.136. The number of amides is 4. The lowest BCUT2D eigenvalue weighted by Gasteiger charge is -2.36. The summed E-state index contributed by atoms with van der Waals surface area (Å²) in [6.07, 6.45) is 3.21. The van der Waals surface area contributed by atoms with Crippen LogP contribution in [0.4, 0.5) is 10.7 Å². The van der Waals surface area contributed by atoms with Gasteiger partial charge in [-0.05, 0) is 12.1 Å². The predicted molar refractivity (Wildman–Crippen MR) is 107 cm³/mol. The molecule has 1 aromatic rings. The minimum atomic E-state index is -0.455. The second-order valence-electron chi connectivity index (χ2n) is 7.39. The van der Waals surface area contributed by atoms with Gasteiger partial charge in [0, 0.05) is 52.5 Å². The van der Waals surface area contributed by atoms with Gasteiger partial charge in [0.1, 0.15) is 5.70 Å². The molecular weight excluding hydrogens is 390 g/mol. The third kappa shape index (κ3) is 4.41. The number of rotatable bonds is 4. The van der Waals surface area contributed by atoms with Crippen LogP contribution < -0.4 is 10.2 Å². The van der Waals surface area contributed by atoms with Gasteiger partial charge >= 0.3 is 6.03 Å². The third-order valence-corrected chi connectivity index (χ3v) is 5.45. The van der Waals surface area contributed by atoms with E-state index in [1.54, 1.807) is 18.3 Å². The first-order chi connectivity index (χ1) is 14.5. The van der Waals surface area contributed by atoms with E-state index in [1.807, 2.05) is 4.90 Å². The molecule has 4 heterocycles. The normalized spacial score (nSPS) is 22.0. The number of piperazine rings is 1. The Morgan fingerprint density at radius 1 is 1.17 bits per heavy atom. The number of imide groups is 1. The fraction of sp³-hybridized carbons (Fsp3) is 0.526. The lowest BCUT2D eigenvalue weighted by Crippen LogP contribution is -2.51. The molecule has 160 valence electrons. The van der Waals surface area contributed by atoms with Gasteiger partial charge in [-0.2, -0.15) is 0 Å². The molecule has 3 aliphatic rings. The summed E-state index contributed by atoms with van der Waals surface area (Å²) in [4.78, 5) is 52.1. The van der Waals surface area contributed by atoms with Crippen LogP contribution in [0.1, 0.15) is 5.69 Å². The van der Waals surface area contributed by atoms with Crippen LogP contribution in [0.2, 0.25) is 0 Å². The number of anilines is 1. The number of nitrogens with one attached hydrogen (secondary N) is 1. The highest BCUT2D eigenvalue weighted by molar-refractivity contribution is 6.13. The molecule has 30 heavy (non-hydrogen) atoms. The number of carbonyl (C=O) groups excluding carboxylic acids is 3. The Bertz CT molecular complexity index is 860. The minimum Gasteiger partial charge on any atom is -0.378 e. The fourth-order valence-corrected chi connectivity index (χ4v) is 3.61. The van der Waals surface area contributed by atoms with Crippen LogP contribution in [0.15, 0.2) is 18.0 Å². The van der Waals surface area contributed by atoms with Crippen molar-refractivity contribution in [2.75, 3.05) is 71.0 Å². The molecule has 0 spiro atoms. The number of hydrogen-bond donors (Lipinski definition) is 1. The van der Waals surface area contributed by atoms with Crippen LogP contribution in [0, 0.1) is 0 Å². The molecule has 3 aliphatic heterocycles. The zero-order valence-corrected chi connectivity index (χ0v) is 16.9. The molecule has 11 nitrogen and oxygen atoms in total. The first kappa shape index (κ1) is 20.2. The van der Waals surface area contributed by atoms with E-state index in [0.717, 1.165) is 13.1 Å². The monoisotopic (exact) mass is 415 g/mol. The summed E-state index contributed by atoms with van der Waals surface area (Å²) in [6, 6.07) is 1.24. The molecule has 0 aliphatic carbocycles. The van der Waals surface area contributed by atoms with Crippen LogP contribution in [0.5, 0.6) is 0 Å². The summed E-state index contributed by atoms with van der Waals surface area (Å²) in [7, 11) is 1.53. The number of ether oxygens (including phenoxy) is 1. The Labute approximate surface area is 174 Å². The number of likely N-dealkylation sites (N-methyl/N-ethyl adjacent to an activating group) is 1. The molecule has 11 heteroatoms. The predicted octanol–water partition coefficient (Wildman–Crippen LogP) is -1.02. The van der Waals surface area contributed by atoms with Crippen LogP contribution in [-0.2, 0) is 14.3 Å². The molecule has 0 bridgehead atoms. The van der Waals surface area contributed by atoms with Crippen LogP contribution in [0.25, 0.3) is 6.08 Å². The average Bonchev–Trinajstić information content (AvgIpc) is 3.01. The summed E-state index contributed by atoms with van der Waals surface area (Å²) < 4.78 is 5.30. The topological polar surface area (TPSA) is 111 Å². The van der Waals surface area contributed by atoms with E-state index in [1.165, 1.54) is 11.9 Å². The zero-order valence-electron chi connectivity index (χ0n) is 16.9. The molecular formula is C19H25N7O4. The Morgan fingerprint density at radius 2 is 1.90 bits per heavy atom. The number of nitrogens with zero attached hydrogens (tertiary/aromatic N) is 6. The van der Waals surface area contributed by atoms with Gasteiger partial charge in [-0.25, -0.2) is 14.8 Å². The molecule has 0 radical (unpaired) electrons. The fourth-order valence-electron chi connectivity index (χ4n) is 3.61. The maximum atomic E-state index is 12.4. The van der Waals surface area contributed by atoms with Gasteiger partial charge in [-0.15, -0.1) is 0 Å². The highest BCUT2D eigenvalue weighted by atomic mass is 16.5. The van der Waals surface area contributed by atoms with Crippen molar-refractivity contribution in [1.82, 2.24) is 30.0 Å². The van der Waals surface area contributed by atoms with Crippen molar-refractivity contribution in [3.8, 4) is 0 Å². The lowest BCUT2D eigenvalue weighted by atomic mass is 10.3. The van der Waals surface area contributed by atoms with Crippen LogP contribution >= 0.6 is 0 Å². The second kappa shape index (κ2) is 8.76. The third-order valence-electron chi connectivity index (χ3n) is 5.45. The first-order valence-electron chi connectivity index (χ1n) is 9.98. The van der Waals surface area contributed by atoms with Crippen molar-refractivity contribution in [3.05, 3.63) is 23.7 Å². The smallest absolute Gasteiger partial charge is 0.328 e. The molecule has 0 saturated carbocycles. The summed E-state index contributed by atoms with van der Waals surface area (Å²) in [6.45, 7) is 5.83. The highest BCUT2D eigenvalue weighted by Crippen LogP contribution is 2.16. The Morgan fingerprint density at radius 3 is 2.57 bits per heavy atom. The van der Waals surface area contributed by atoms with Gasteiger partial charge in [-0.3, -0.25) is 24.7 Å². The number of carbonyl (C=O) groups is 3. The molecule has 0 atom stereocenters. The first-order valence-corrected chi connectivity index (χ1v) is 9.98. The largest absolute Gasteiger partial charge is 0.378 e. The highest BCUT2D eigenvalue weighted by Gasteiger charge is 2.30. The van der Waals surface area contributed by atoms with Crippen molar-refractivity contribution >= 4 is 29.9 Å². The molecule has 4 amide bonds. The van der Waals surface area contributed by atoms with Crippen LogP contribution in [-0.4, -0.2) is 109 Å². The average molecular weight is 415 g/mol. The summed E-state index contributed by atoms with van der Waals surface area (Å²) in [5.41, 5.74) is 0.799. The van der Waals surface area contributed by atoms with E-state index in [-0.39, 0.29) is 11.6 Å². The Kier molecular flexibility index (Phi) is 5.91. The SMILES string of the molecule is CN1C(=O)NC(=O)/C1=C\c1ccnc(N2CCN(CC(=O)N3CCOCC3)CC2)n1. The number of urea groups is 1. The van der Waals surface area contributed by atoms with Crippen molar-refractivity contribution in [3.63, 3.8) is 0 Å². The zero-order chi connectivity index (χ0) is 21.1. The van der Waals surface area contributed by atoms with Gasteiger partial charge in [0.15, 0.2) is 0 Å². The summed E-state index contributed by atoms with van der Waals surface area (Å²) >= 11 is 0. The molecule has 1 aromatic heterocycles. The second-order valence-corrected chi connectivity index (χ2v) is 7.39. The van der Waals surface area contributed by atoms with E-state index in [9.17, 15) is 14.4 Å². The maximum absolute atomic E-state index is 12.4. The van der Waals surface area contributed by atoms with E-state index < -0.39 is 11.9 Å².